The molecule has 0 aliphatic rings. The Morgan fingerprint density at radius 2 is 0.702 bits per heavy atom. The largest absolute Gasteiger partial charge is 0.297 e. The highest BCUT2D eigenvalue weighted by molar-refractivity contribution is 9.11. The van der Waals surface area contributed by atoms with Gasteiger partial charge in [-0.2, -0.15) is 8.75 Å². The Balaban J connectivity index is 1.36. The molecular weight excluding hydrogens is 1360 g/mol. The predicted molar refractivity (Wildman–Crippen MR) is 426 cm³/mol. The second kappa shape index (κ2) is 46.4. The number of aldehydes is 1. The van der Waals surface area contributed by atoms with E-state index < -0.39 is 0 Å². The van der Waals surface area contributed by atoms with Crippen molar-refractivity contribution >= 4 is 125 Å². The second-order valence-electron chi connectivity index (χ2n) is 27.9. The summed E-state index contributed by atoms with van der Waals surface area (Å²) in [5.41, 5.74) is 9.36. The number of aryl methyl sites for hydroxylation is 2. The van der Waals surface area contributed by atoms with E-state index in [2.05, 4.69) is 81.7 Å². The molecule has 0 aliphatic heterocycles. The van der Waals surface area contributed by atoms with Gasteiger partial charge in [0.15, 0.2) is 6.29 Å². The fraction of sp³-hybridized carbons (Fsp3) is 0.691. The van der Waals surface area contributed by atoms with Crippen LogP contribution in [0.2, 0.25) is 10.0 Å². The van der Waals surface area contributed by atoms with Gasteiger partial charge in [0.2, 0.25) is 0 Å². The Hall–Kier alpha value is -2.09. The van der Waals surface area contributed by atoms with Gasteiger partial charge in [-0.3, -0.25) is 4.79 Å². The van der Waals surface area contributed by atoms with Crippen molar-refractivity contribution in [2.75, 3.05) is 0 Å². The fourth-order valence-electron chi connectivity index (χ4n) is 14.2. The molecule has 13 heteroatoms. The van der Waals surface area contributed by atoms with E-state index in [-0.39, 0.29) is 0 Å². The van der Waals surface area contributed by atoms with Crippen molar-refractivity contribution in [3.8, 4) is 42.0 Å². The molecule has 6 aromatic heterocycles. The molecule has 5 nitrogen and oxygen atoms in total. The summed E-state index contributed by atoms with van der Waals surface area (Å²) in [7, 11) is 0. The van der Waals surface area contributed by atoms with Gasteiger partial charge in [-0.15, -0.1) is 45.3 Å². The topological polar surface area (TPSA) is 68.6 Å². The van der Waals surface area contributed by atoms with Crippen LogP contribution in [0.5, 0.6) is 0 Å². The number of nitrogens with zero attached hydrogens (tertiary/aromatic N) is 4. The van der Waals surface area contributed by atoms with E-state index >= 15 is 0 Å². The first-order valence-electron chi connectivity index (χ1n) is 38.6. The Morgan fingerprint density at radius 3 is 1.07 bits per heavy atom. The summed E-state index contributed by atoms with van der Waals surface area (Å²) in [6.07, 6.45) is 61.8. The van der Waals surface area contributed by atoms with Gasteiger partial charge in [0, 0.05) is 30.6 Å². The number of hydrogen-bond acceptors (Lipinski definition) is 10. The van der Waals surface area contributed by atoms with Crippen molar-refractivity contribution in [1.29, 1.82) is 0 Å². The summed E-state index contributed by atoms with van der Waals surface area (Å²) < 4.78 is 11.6. The Morgan fingerprint density at radius 1 is 0.383 bits per heavy atom. The van der Waals surface area contributed by atoms with Crippen LogP contribution in [-0.4, -0.2) is 25.0 Å². The van der Waals surface area contributed by atoms with E-state index in [1.807, 2.05) is 22.7 Å². The fourth-order valence-corrected chi connectivity index (χ4v) is 20.7. The van der Waals surface area contributed by atoms with E-state index in [4.69, 9.17) is 41.9 Å². The first-order chi connectivity index (χ1) is 46.2. The van der Waals surface area contributed by atoms with Crippen molar-refractivity contribution in [2.24, 2.45) is 11.8 Å². The van der Waals surface area contributed by atoms with E-state index in [0.717, 1.165) is 129 Å². The molecule has 0 saturated heterocycles. The summed E-state index contributed by atoms with van der Waals surface area (Å²) >= 11 is 27.6. The van der Waals surface area contributed by atoms with Crippen LogP contribution in [0.15, 0.2) is 28.1 Å². The van der Waals surface area contributed by atoms with Gasteiger partial charge < -0.3 is 0 Å². The zero-order chi connectivity index (χ0) is 66.5. The first kappa shape index (κ1) is 79.2. The summed E-state index contributed by atoms with van der Waals surface area (Å²) in [6.45, 7) is 13.8. The number of carbonyl (C=O) groups excluding carboxylic acids is 1. The molecule has 7 rings (SSSR count). The molecule has 7 aromatic rings. The molecule has 0 fully saturated rings. The molecular formula is C81H121BrCl2N4OS5. The van der Waals surface area contributed by atoms with E-state index in [1.165, 1.54) is 301 Å². The van der Waals surface area contributed by atoms with Crippen LogP contribution < -0.4 is 0 Å². The molecule has 522 valence electrons. The van der Waals surface area contributed by atoms with E-state index in [9.17, 15) is 4.79 Å². The Labute approximate surface area is 610 Å². The smallest absolute Gasteiger partial charge is 0.160 e. The van der Waals surface area contributed by atoms with Crippen molar-refractivity contribution in [3.05, 3.63) is 63.9 Å². The monoisotopic (exact) mass is 1470 g/mol. The van der Waals surface area contributed by atoms with Gasteiger partial charge in [-0.1, -0.05) is 334 Å². The maximum Gasteiger partial charge on any atom is 0.160 e. The number of benzene rings is 1. The molecule has 1 aromatic carbocycles. The molecule has 0 amide bonds. The van der Waals surface area contributed by atoms with Crippen LogP contribution in [0.3, 0.4) is 0 Å². The molecule has 0 bridgehead atoms. The summed E-state index contributed by atoms with van der Waals surface area (Å²) in [4.78, 5) is 32.9. The number of hydrogen-bond donors (Lipinski definition) is 0. The number of unbranched alkanes of at least 4 members (excludes halogenated alkanes) is 34. The highest BCUT2D eigenvalue weighted by Crippen LogP contribution is 2.51. The number of thiophene rings is 4. The van der Waals surface area contributed by atoms with Crippen LogP contribution >= 0.6 is 96.2 Å². The molecule has 0 saturated carbocycles. The Kier molecular flexibility index (Phi) is 39.1. The highest BCUT2D eigenvalue weighted by atomic mass is 79.9. The van der Waals surface area contributed by atoms with Crippen molar-refractivity contribution in [3.63, 3.8) is 0 Å². The summed E-state index contributed by atoms with van der Waals surface area (Å²) in [5, 5.41) is 1.68. The number of fused-ring (bicyclic) bond motifs is 2. The minimum absolute atomic E-state index is 0.583. The van der Waals surface area contributed by atoms with Crippen LogP contribution in [-0.2, 0) is 25.7 Å². The van der Waals surface area contributed by atoms with Gasteiger partial charge in [0.25, 0.3) is 0 Å². The molecule has 0 spiro atoms. The molecule has 0 radical (unpaired) electrons. The number of halogens is 3. The van der Waals surface area contributed by atoms with Crippen LogP contribution in [0, 0.1) is 11.8 Å². The quantitative estimate of drug-likeness (QED) is 0.0281. The van der Waals surface area contributed by atoms with Gasteiger partial charge in [0.1, 0.15) is 33.5 Å². The number of rotatable bonds is 55. The third-order valence-electron chi connectivity index (χ3n) is 19.9. The third-order valence-corrected chi connectivity index (χ3v) is 26.8. The van der Waals surface area contributed by atoms with E-state index in [1.54, 1.807) is 22.7 Å². The van der Waals surface area contributed by atoms with Crippen molar-refractivity contribution in [2.45, 2.75) is 350 Å². The standard InChI is InChI=1S/C81H121BrCl2N4OS5/c1-7-13-19-25-29-31-33-35-39-45-51-62-55-68(92-72(62)59-89)73-77-78(74(80-79(73)87-94-88-80)69-56-63(81(82)93-69)52-46-40-36-34-32-30-26-20-14-8-2)86-76(71-58-65(84)67(91-71)54-61(48-42-24-18-12-6)50-44-38-28-22-16-10-4)75(85-77)70-57-64(83)66(90-70)53-60(47-41-23-17-11-5)49-43-37-27-21-15-9-3/h55-61H,7-54H2,1-6H3. The maximum absolute atomic E-state index is 13.2. The average molecular weight is 1480 g/mol. The van der Waals surface area contributed by atoms with Crippen LogP contribution in [0.25, 0.3) is 64.1 Å². The summed E-state index contributed by atoms with van der Waals surface area (Å²) in [5.74, 6) is 1.17. The van der Waals surface area contributed by atoms with Crippen molar-refractivity contribution in [1.82, 2.24) is 18.7 Å². The highest BCUT2D eigenvalue weighted by Gasteiger charge is 2.30. The molecule has 0 aliphatic carbocycles. The lowest BCUT2D eigenvalue weighted by molar-refractivity contribution is 0.112. The zero-order valence-electron chi connectivity index (χ0n) is 59.4. The molecule has 6 heterocycles. The first-order valence-corrected chi connectivity index (χ1v) is 44.1. The third kappa shape index (κ3) is 25.8. The van der Waals surface area contributed by atoms with Gasteiger partial charge in [0.05, 0.1) is 40.2 Å². The maximum atomic E-state index is 13.2. The van der Waals surface area contributed by atoms with Crippen LogP contribution in [0.4, 0.5) is 0 Å². The molecule has 94 heavy (non-hydrogen) atoms. The van der Waals surface area contributed by atoms with E-state index in [0.29, 0.717) is 11.8 Å². The minimum atomic E-state index is 0.583. The minimum Gasteiger partial charge on any atom is -0.297 e. The molecule has 0 N–H and O–H groups in total. The second-order valence-corrected chi connectivity index (χ2v) is 35.0. The number of aromatic nitrogens is 4. The molecule has 2 atom stereocenters. The van der Waals surface area contributed by atoms with Gasteiger partial charge >= 0.3 is 0 Å². The zero-order valence-corrected chi connectivity index (χ0v) is 66.5. The van der Waals surface area contributed by atoms with Crippen molar-refractivity contribution < 1.29 is 4.79 Å². The lowest BCUT2D eigenvalue weighted by Crippen LogP contribution is -2.05. The normalized spacial score (nSPS) is 12.6. The predicted octanol–water partition coefficient (Wildman–Crippen LogP) is 31.1. The Bertz CT molecular complexity index is 3210. The lowest BCUT2D eigenvalue weighted by atomic mass is 9.91. The SMILES string of the molecule is CCCCCCCCCCCCc1cc(-c2c3nsnc3c(-c3cc(CCCCCCCCCCCC)c(C=O)s3)c3nc(-c4cc(Cl)c(CC(CCCCCC)CCCCCCCC)s4)c(-c4cc(Cl)c(CC(CCCCCC)CCCCCCCC)s4)nc23)sc1Br. The van der Waals surface area contributed by atoms with Crippen LogP contribution in [0.1, 0.15) is 355 Å². The van der Waals surface area contributed by atoms with Gasteiger partial charge in [-0.25, -0.2) is 9.97 Å². The number of carbonyl (C=O) groups is 1. The summed E-state index contributed by atoms with van der Waals surface area (Å²) in [6, 6.07) is 9.12. The molecule has 2 unspecified atom stereocenters. The lowest BCUT2D eigenvalue weighted by Gasteiger charge is -2.17. The average Bonchev–Trinajstić information content (AvgIpc) is 1.43. The van der Waals surface area contributed by atoms with Gasteiger partial charge in [-0.05, 0) is 102 Å².